The van der Waals surface area contributed by atoms with Crippen LogP contribution in [-0.4, -0.2) is 29.4 Å². The van der Waals surface area contributed by atoms with E-state index in [2.05, 4.69) is 24.0 Å². The van der Waals surface area contributed by atoms with E-state index in [0.717, 1.165) is 6.42 Å². The van der Waals surface area contributed by atoms with Crippen molar-refractivity contribution in [3.63, 3.8) is 0 Å². The van der Waals surface area contributed by atoms with Gasteiger partial charge < -0.3 is 15.0 Å². The van der Waals surface area contributed by atoms with Gasteiger partial charge in [-0.3, -0.25) is 0 Å². The van der Waals surface area contributed by atoms with Crippen LogP contribution in [0.5, 0.6) is 0 Å². The molecule has 2 unspecified atom stereocenters. The molecule has 0 bridgehead atoms. The molecule has 2 N–H and O–H groups in total. The van der Waals surface area contributed by atoms with E-state index in [4.69, 9.17) is 15.0 Å². The summed E-state index contributed by atoms with van der Waals surface area (Å²) < 4.78 is 10.3. The molecule has 2 atom stereocenters. The average Bonchev–Trinajstić information content (AvgIpc) is 2.63. The van der Waals surface area contributed by atoms with E-state index in [1.54, 1.807) is 7.11 Å². The van der Waals surface area contributed by atoms with Gasteiger partial charge in [-0.1, -0.05) is 19.0 Å². The van der Waals surface area contributed by atoms with Crippen LogP contribution < -0.4 is 5.73 Å². The number of nitrogens with zero attached hydrogens (tertiary/aromatic N) is 2. The van der Waals surface area contributed by atoms with Gasteiger partial charge in [-0.2, -0.15) is 4.98 Å². The van der Waals surface area contributed by atoms with Gasteiger partial charge in [0.25, 0.3) is 0 Å². The monoisotopic (exact) mass is 241 g/mol. The highest BCUT2D eigenvalue weighted by molar-refractivity contribution is 4.90. The molecule has 0 fully saturated rings. The van der Waals surface area contributed by atoms with Crippen molar-refractivity contribution in [3.05, 3.63) is 11.7 Å². The van der Waals surface area contributed by atoms with Crippen molar-refractivity contribution in [2.45, 2.75) is 52.2 Å². The maximum absolute atomic E-state index is 5.99. The van der Waals surface area contributed by atoms with E-state index < -0.39 is 0 Å². The molecular weight excluding hydrogens is 218 g/mol. The Morgan fingerprint density at radius 1 is 1.29 bits per heavy atom. The van der Waals surface area contributed by atoms with E-state index in [1.807, 2.05) is 6.92 Å². The highest BCUT2D eigenvalue weighted by Crippen LogP contribution is 2.09. The van der Waals surface area contributed by atoms with Gasteiger partial charge in [0.05, 0.1) is 6.10 Å². The Bertz CT molecular complexity index is 325. The topological polar surface area (TPSA) is 74.2 Å². The van der Waals surface area contributed by atoms with E-state index >= 15 is 0 Å². The molecule has 98 valence electrons. The van der Waals surface area contributed by atoms with Crippen LogP contribution in [0, 0.1) is 5.92 Å². The van der Waals surface area contributed by atoms with Gasteiger partial charge in [0.1, 0.15) is 0 Å². The predicted molar refractivity (Wildman–Crippen MR) is 65.6 cm³/mol. The van der Waals surface area contributed by atoms with Gasteiger partial charge in [0, 0.05) is 26.0 Å². The lowest BCUT2D eigenvalue weighted by Gasteiger charge is -2.10. The number of aromatic nitrogens is 2. The van der Waals surface area contributed by atoms with Crippen LogP contribution in [0.25, 0.3) is 0 Å². The summed E-state index contributed by atoms with van der Waals surface area (Å²) in [5.74, 6) is 1.89. The molecule has 1 aromatic heterocycles. The molecule has 1 heterocycles. The molecule has 17 heavy (non-hydrogen) atoms. The fourth-order valence-electron chi connectivity index (χ4n) is 1.71. The fraction of sp³-hybridized carbons (Fsp3) is 0.833. The number of hydrogen-bond acceptors (Lipinski definition) is 5. The van der Waals surface area contributed by atoms with Crippen LogP contribution in [0.15, 0.2) is 4.52 Å². The van der Waals surface area contributed by atoms with Crippen molar-refractivity contribution >= 4 is 0 Å². The molecule has 1 rings (SSSR count). The Balaban J connectivity index is 2.45. The zero-order chi connectivity index (χ0) is 12.8. The van der Waals surface area contributed by atoms with Crippen LogP contribution in [0.4, 0.5) is 0 Å². The summed E-state index contributed by atoms with van der Waals surface area (Å²) in [4.78, 5) is 4.31. The minimum atomic E-state index is 0.0862. The number of rotatable bonds is 7. The Kier molecular flexibility index (Phi) is 5.58. The average molecular weight is 241 g/mol. The molecule has 0 radical (unpaired) electrons. The second-order valence-corrected chi connectivity index (χ2v) is 4.95. The van der Waals surface area contributed by atoms with Gasteiger partial charge in [-0.05, 0) is 19.3 Å². The van der Waals surface area contributed by atoms with Gasteiger partial charge in [0.2, 0.25) is 5.89 Å². The van der Waals surface area contributed by atoms with Crippen LogP contribution in [-0.2, 0) is 17.6 Å². The van der Waals surface area contributed by atoms with Crippen molar-refractivity contribution in [3.8, 4) is 0 Å². The number of ether oxygens (including phenoxy) is 1. The Morgan fingerprint density at radius 3 is 2.59 bits per heavy atom. The molecule has 0 amide bonds. The zero-order valence-electron chi connectivity index (χ0n) is 11.1. The Hall–Kier alpha value is -0.940. The SMILES string of the molecule is COC(C)Cc1noc(CC(N)CC(C)C)n1. The van der Waals surface area contributed by atoms with Crippen LogP contribution in [0.3, 0.4) is 0 Å². The molecule has 1 aromatic rings. The first-order valence-corrected chi connectivity index (χ1v) is 6.11. The van der Waals surface area contributed by atoms with Gasteiger partial charge in [-0.15, -0.1) is 0 Å². The van der Waals surface area contributed by atoms with E-state index in [9.17, 15) is 0 Å². The molecule has 0 aliphatic heterocycles. The second kappa shape index (κ2) is 6.71. The van der Waals surface area contributed by atoms with Gasteiger partial charge in [0.15, 0.2) is 5.82 Å². The molecular formula is C12H23N3O2. The first-order chi connectivity index (χ1) is 8.01. The lowest BCUT2D eigenvalue weighted by atomic mass is 10.0. The highest BCUT2D eigenvalue weighted by Gasteiger charge is 2.13. The lowest BCUT2D eigenvalue weighted by molar-refractivity contribution is 0.116. The third-order valence-corrected chi connectivity index (χ3v) is 2.59. The quantitative estimate of drug-likeness (QED) is 0.784. The third-order valence-electron chi connectivity index (χ3n) is 2.59. The number of hydrogen-bond donors (Lipinski definition) is 1. The van der Waals surface area contributed by atoms with Crippen molar-refractivity contribution in [2.24, 2.45) is 11.7 Å². The van der Waals surface area contributed by atoms with E-state index in [1.165, 1.54) is 0 Å². The van der Waals surface area contributed by atoms with Gasteiger partial charge >= 0.3 is 0 Å². The summed E-state index contributed by atoms with van der Waals surface area (Å²) >= 11 is 0. The second-order valence-electron chi connectivity index (χ2n) is 4.95. The fourth-order valence-corrected chi connectivity index (χ4v) is 1.71. The summed E-state index contributed by atoms with van der Waals surface area (Å²) in [5, 5.41) is 3.91. The first kappa shape index (κ1) is 14.1. The summed E-state index contributed by atoms with van der Waals surface area (Å²) in [5.41, 5.74) is 5.99. The summed E-state index contributed by atoms with van der Waals surface area (Å²) in [7, 11) is 1.67. The van der Waals surface area contributed by atoms with Crippen molar-refractivity contribution in [2.75, 3.05) is 7.11 Å². The highest BCUT2D eigenvalue weighted by atomic mass is 16.5. The first-order valence-electron chi connectivity index (χ1n) is 6.11. The molecule has 0 saturated heterocycles. The number of nitrogens with two attached hydrogens (primary N) is 1. The largest absolute Gasteiger partial charge is 0.381 e. The smallest absolute Gasteiger partial charge is 0.228 e. The van der Waals surface area contributed by atoms with Crippen LogP contribution in [0.1, 0.15) is 38.9 Å². The lowest BCUT2D eigenvalue weighted by Crippen LogP contribution is -2.24. The van der Waals surface area contributed by atoms with Crippen molar-refractivity contribution < 1.29 is 9.26 Å². The minimum Gasteiger partial charge on any atom is -0.381 e. The Labute approximate surface area is 103 Å². The molecule has 0 saturated carbocycles. The van der Waals surface area contributed by atoms with Crippen LogP contribution in [0.2, 0.25) is 0 Å². The molecule has 5 nitrogen and oxygen atoms in total. The summed E-state index contributed by atoms with van der Waals surface area (Å²) in [6.07, 6.45) is 2.38. The van der Waals surface area contributed by atoms with Crippen LogP contribution >= 0.6 is 0 Å². The molecule has 0 aliphatic rings. The maximum atomic E-state index is 5.99. The molecule has 0 aliphatic carbocycles. The molecule has 5 heteroatoms. The maximum Gasteiger partial charge on any atom is 0.228 e. The number of methoxy groups -OCH3 is 1. The summed E-state index contributed by atoms with van der Waals surface area (Å²) in [6.45, 7) is 6.28. The zero-order valence-corrected chi connectivity index (χ0v) is 11.1. The summed E-state index contributed by atoms with van der Waals surface area (Å²) in [6, 6.07) is 0.0862. The minimum absolute atomic E-state index is 0.0862. The standard InChI is InChI=1S/C12H23N3O2/c1-8(2)5-10(13)7-12-14-11(15-17-12)6-9(3)16-4/h8-10H,5-7,13H2,1-4H3. The normalized spacial score (nSPS) is 15.2. The van der Waals surface area contributed by atoms with Crippen molar-refractivity contribution in [1.82, 2.24) is 10.1 Å². The van der Waals surface area contributed by atoms with E-state index in [0.29, 0.717) is 30.5 Å². The molecule has 0 aromatic carbocycles. The van der Waals surface area contributed by atoms with E-state index in [-0.39, 0.29) is 12.1 Å². The van der Waals surface area contributed by atoms with Crippen molar-refractivity contribution in [1.29, 1.82) is 0 Å². The predicted octanol–water partition coefficient (Wildman–Crippen LogP) is 1.56. The Morgan fingerprint density at radius 2 is 2.00 bits per heavy atom. The third kappa shape index (κ3) is 5.28. The molecule has 0 spiro atoms. The van der Waals surface area contributed by atoms with Gasteiger partial charge in [-0.25, -0.2) is 0 Å².